The second-order valence-corrected chi connectivity index (χ2v) is 9.31. The lowest BCUT2D eigenvalue weighted by molar-refractivity contribution is -0.139. The molecule has 2 N–H and O–H groups in total. The van der Waals surface area contributed by atoms with Gasteiger partial charge >= 0.3 is 0 Å². The van der Waals surface area contributed by atoms with Crippen molar-refractivity contribution in [3.05, 3.63) is 51.7 Å². The van der Waals surface area contributed by atoms with Gasteiger partial charge in [-0.3, -0.25) is 14.4 Å². The van der Waals surface area contributed by atoms with E-state index in [1.54, 1.807) is 23.2 Å². The standard InChI is InChI=1S/C23H27N3O4S/c1-15-5-6-19-18(12-15)22(29)25-14-23(30-19)8-7-20(27)26(10-9-23)16(2)21(28)24-13-17-4-3-11-31-17/h3-6,11-12,16H,7-10,13-14H2,1-2H3,(H,24,28)(H,25,29)/t16-,23-/m0/s1. The smallest absolute Gasteiger partial charge is 0.255 e. The Morgan fingerprint density at radius 2 is 2.16 bits per heavy atom. The molecule has 2 atom stereocenters. The number of fused-ring (bicyclic) bond motifs is 1. The summed E-state index contributed by atoms with van der Waals surface area (Å²) in [5, 5.41) is 7.85. The van der Waals surface area contributed by atoms with Gasteiger partial charge in [-0.05, 0) is 43.8 Å². The number of hydrogen-bond acceptors (Lipinski definition) is 5. The van der Waals surface area contributed by atoms with E-state index < -0.39 is 11.6 Å². The number of carbonyl (C=O) groups excluding carboxylic acids is 3. The van der Waals surface area contributed by atoms with Crippen LogP contribution in [0.1, 0.15) is 47.0 Å². The zero-order valence-electron chi connectivity index (χ0n) is 17.8. The van der Waals surface area contributed by atoms with Crippen LogP contribution in [0.3, 0.4) is 0 Å². The van der Waals surface area contributed by atoms with Crippen LogP contribution in [0.4, 0.5) is 0 Å². The molecule has 1 spiro atoms. The number of nitrogens with one attached hydrogen (secondary N) is 2. The number of aryl methyl sites for hydroxylation is 1. The first-order valence-corrected chi connectivity index (χ1v) is 11.4. The first-order chi connectivity index (χ1) is 14.9. The number of nitrogens with zero attached hydrogens (tertiary/aromatic N) is 1. The molecule has 8 heteroatoms. The zero-order chi connectivity index (χ0) is 22.0. The van der Waals surface area contributed by atoms with Crippen LogP contribution in [-0.2, 0) is 16.1 Å². The molecule has 2 aliphatic heterocycles. The normalized spacial score (nSPS) is 22.1. The third-order valence-electron chi connectivity index (χ3n) is 6.06. The molecule has 2 aliphatic rings. The number of benzene rings is 1. The summed E-state index contributed by atoms with van der Waals surface area (Å²) in [5.41, 5.74) is 0.831. The van der Waals surface area contributed by atoms with Gasteiger partial charge in [-0.15, -0.1) is 11.3 Å². The SMILES string of the molecule is Cc1ccc2c(c1)C(=O)NC[C@@]1(CCC(=O)N([C@@H](C)C(=O)NCc3cccs3)CC1)O2. The Hall–Kier alpha value is -2.87. The monoisotopic (exact) mass is 441 g/mol. The fourth-order valence-corrected chi connectivity index (χ4v) is 4.78. The van der Waals surface area contributed by atoms with Gasteiger partial charge in [-0.25, -0.2) is 0 Å². The number of carbonyl (C=O) groups is 3. The van der Waals surface area contributed by atoms with Crippen molar-refractivity contribution < 1.29 is 19.1 Å². The summed E-state index contributed by atoms with van der Waals surface area (Å²) in [6.07, 6.45) is 1.29. The number of ether oxygens (including phenoxy) is 1. The van der Waals surface area contributed by atoms with E-state index in [4.69, 9.17) is 4.74 Å². The molecule has 31 heavy (non-hydrogen) atoms. The highest BCUT2D eigenvalue weighted by atomic mass is 32.1. The van der Waals surface area contributed by atoms with Gasteiger partial charge in [0.25, 0.3) is 5.91 Å². The molecule has 0 aliphatic carbocycles. The van der Waals surface area contributed by atoms with Crippen LogP contribution in [0.2, 0.25) is 0 Å². The molecule has 0 unspecified atom stereocenters. The van der Waals surface area contributed by atoms with E-state index in [0.717, 1.165) is 10.4 Å². The second kappa shape index (κ2) is 8.70. The van der Waals surface area contributed by atoms with Crippen LogP contribution < -0.4 is 15.4 Å². The van der Waals surface area contributed by atoms with Crippen LogP contribution in [0.5, 0.6) is 5.75 Å². The molecule has 2 aromatic rings. The topological polar surface area (TPSA) is 87.7 Å². The predicted molar refractivity (Wildman–Crippen MR) is 118 cm³/mol. The summed E-state index contributed by atoms with van der Waals surface area (Å²) in [4.78, 5) is 40.8. The molecule has 1 aromatic carbocycles. The Bertz CT molecular complexity index is 991. The maximum Gasteiger partial charge on any atom is 0.255 e. The minimum Gasteiger partial charge on any atom is -0.485 e. The van der Waals surface area contributed by atoms with Crippen molar-refractivity contribution >= 4 is 29.1 Å². The van der Waals surface area contributed by atoms with E-state index in [9.17, 15) is 14.4 Å². The minimum absolute atomic E-state index is 0.0704. The van der Waals surface area contributed by atoms with Crippen molar-refractivity contribution in [1.82, 2.24) is 15.5 Å². The Balaban J connectivity index is 1.46. The van der Waals surface area contributed by atoms with E-state index >= 15 is 0 Å². The molecule has 0 saturated carbocycles. The lowest BCUT2D eigenvalue weighted by Crippen LogP contribution is -2.49. The van der Waals surface area contributed by atoms with Crippen LogP contribution in [0.15, 0.2) is 35.7 Å². The first kappa shape index (κ1) is 21.4. The number of hydrogen-bond donors (Lipinski definition) is 2. The summed E-state index contributed by atoms with van der Waals surface area (Å²) in [6, 6.07) is 8.89. The highest BCUT2D eigenvalue weighted by Gasteiger charge is 2.41. The van der Waals surface area contributed by atoms with Crippen LogP contribution in [0.25, 0.3) is 0 Å². The minimum atomic E-state index is -0.673. The fraction of sp³-hybridized carbons (Fsp3) is 0.435. The molecule has 1 saturated heterocycles. The van der Waals surface area contributed by atoms with Gasteiger partial charge in [0.05, 0.1) is 18.7 Å². The Kier molecular flexibility index (Phi) is 6.00. The average molecular weight is 442 g/mol. The third kappa shape index (κ3) is 4.58. The lowest BCUT2D eigenvalue weighted by atomic mass is 9.94. The van der Waals surface area contributed by atoms with Crippen LogP contribution in [0, 0.1) is 6.92 Å². The zero-order valence-corrected chi connectivity index (χ0v) is 18.6. The van der Waals surface area contributed by atoms with Crippen LogP contribution in [-0.4, -0.2) is 47.4 Å². The fourth-order valence-electron chi connectivity index (χ4n) is 4.13. The van der Waals surface area contributed by atoms with E-state index in [1.165, 1.54) is 0 Å². The summed E-state index contributed by atoms with van der Waals surface area (Å²) in [7, 11) is 0. The molecular weight excluding hydrogens is 414 g/mol. The predicted octanol–water partition coefficient (Wildman–Crippen LogP) is 2.63. The molecule has 0 radical (unpaired) electrons. The molecule has 3 amide bonds. The summed E-state index contributed by atoms with van der Waals surface area (Å²) < 4.78 is 6.36. The molecule has 1 fully saturated rings. The second-order valence-electron chi connectivity index (χ2n) is 8.28. The third-order valence-corrected chi connectivity index (χ3v) is 6.94. The summed E-state index contributed by atoms with van der Waals surface area (Å²) >= 11 is 1.58. The van der Waals surface area contributed by atoms with Crippen molar-refractivity contribution in [3.63, 3.8) is 0 Å². The number of likely N-dealkylation sites (tertiary alicyclic amines) is 1. The molecular formula is C23H27N3O4S. The average Bonchev–Trinajstić information content (AvgIpc) is 3.18. The Morgan fingerprint density at radius 1 is 1.32 bits per heavy atom. The van der Waals surface area contributed by atoms with Gasteiger partial charge in [0.2, 0.25) is 11.8 Å². The Morgan fingerprint density at radius 3 is 2.94 bits per heavy atom. The van der Waals surface area contributed by atoms with E-state index in [2.05, 4.69) is 10.6 Å². The summed E-state index contributed by atoms with van der Waals surface area (Å²) in [6.45, 7) is 4.87. The highest BCUT2D eigenvalue weighted by molar-refractivity contribution is 7.09. The summed E-state index contributed by atoms with van der Waals surface area (Å²) in [5.74, 6) is 0.139. The molecule has 164 valence electrons. The van der Waals surface area contributed by atoms with Gasteiger partial charge < -0.3 is 20.3 Å². The van der Waals surface area contributed by atoms with Gasteiger partial charge in [-0.2, -0.15) is 0 Å². The number of rotatable bonds is 4. The lowest BCUT2D eigenvalue weighted by Gasteiger charge is -2.32. The van der Waals surface area contributed by atoms with Crippen molar-refractivity contribution in [2.24, 2.45) is 0 Å². The van der Waals surface area contributed by atoms with E-state index in [-0.39, 0.29) is 24.1 Å². The molecule has 3 heterocycles. The molecule has 4 rings (SSSR count). The van der Waals surface area contributed by atoms with Gasteiger partial charge in [0.15, 0.2) is 0 Å². The Labute approximate surface area is 185 Å². The molecule has 7 nitrogen and oxygen atoms in total. The van der Waals surface area contributed by atoms with Gasteiger partial charge in [0, 0.05) is 24.3 Å². The maximum atomic E-state index is 12.9. The van der Waals surface area contributed by atoms with Crippen molar-refractivity contribution in [3.8, 4) is 5.75 Å². The number of amides is 3. The maximum absolute atomic E-state index is 12.9. The van der Waals surface area contributed by atoms with Crippen molar-refractivity contribution in [1.29, 1.82) is 0 Å². The van der Waals surface area contributed by atoms with Crippen LogP contribution >= 0.6 is 11.3 Å². The van der Waals surface area contributed by atoms with Crippen molar-refractivity contribution in [2.45, 2.75) is 51.3 Å². The quantitative estimate of drug-likeness (QED) is 0.764. The molecule has 0 bridgehead atoms. The van der Waals surface area contributed by atoms with E-state index in [0.29, 0.717) is 43.8 Å². The molecule has 1 aromatic heterocycles. The van der Waals surface area contributed by atoms with E-state index in [1.807, 2.05) is 42.6 Å². The van der Waals surface area contributed by atoms with Crippen molar-refractivity contribution in [2.75, 3.05) is 13.1 Å². The first-order valence-electron chi connectivity index (χ1n) is 10.5. The van der Waals surface area contributed by atoms with Gasteiger partial charge in [-0.1, -0.05) is 17.7 Å². The number of thiophene rings is 1. The van der Waals surface area contributed by atoms with Gasteiger partial charge in [0.1, 0.15) is 17.4 Å². The largest absolute Gasteiger partial charge is 0.485 e. The highest BCUT2D eigenvalue weighted by Crippen LogP contribution is 2.34.